The highest BCUT2D eigenvalue weighted by atomic mass is 32.2. The number of rotatable bonds is 5. The zero-order valence-electron chi connectivity index (χ0n) is 10.3. The number of sulfonamides is 1. The Bertz CT molecular complexity index is 549. The average molecular weight is 275 g/mol. The van der Waals surface area contributed by atoms with Gasteiger partial charge in [0.15, 0.2) is 0 Å². The first-order valence-electron chi connectivity index (χ1n) is 5.27. The quantitative estimate of drug-likeness (QED) is 0.600. The van der Waals surface area contributed by atoms with Crippen LogP contribution in [-0.4, -0.2) is 36.4 Å². The average Bonchev–Trinajstić information content (AvgIpc) is 2.44. The highest BCUT2D eigenvalue weighted by Crippen LogP contribution is 2.14. The molecule has 18 heavy (non-hydrogen) atoms. The molecule has 0 aliphatic rings. The molecule has 0 aliphatic carbocycles. The maximum absolute atomic E-state index is 11.5. The number of carbonyl (C=O) groups excluding carboxylic acids is 1. The number of hydrogen-bond donors (Lipinski definition) is 3. The fraction of sp³-hybridized carbons (Fsp3) is 0.556. The summed E-state index contributed by atoms with van der Waals surface area (Å²) in [5.74, 6) is -0.637. The van der Waals surface area contributed by atoms with Crippen LogP contribution in [0.25, 0.3) is 0 Å². The molecule has 1 heterocycles. The molecule has 9 heteroatoms. The molecule has 5 N–H and O–H groups in total. The van der Waals surface area contributed by atoms with Crippen molar-refractivity contribution in [3.63, 3.8) is 0 Å². The van der Waals surface area contributed by atoms with Gasteiger partial charge in [0.1, 0.15) is 6.54 Å². The molecule has 102 valence electrons. The summed E-state index contributed by atoms with van der Waals surface area (Å²) in [6.45, 7) is 3.48. The number of nitrogens with two attached hydrogens (primary N) is 2. The zero-order valence-corrected chi connectivity index (χ0v) is 11.1. The van der Waals surface area contributed by atoms with Gasteiger partial charge in [0.2, 0.25) is 15.9 Å². The third-order valence-electron chi connectivity index (χ3n) is 2.44. The van der Waals surface area contributed by atoms with E-state index in [1.54, 1.807) is 13.8 Å². The predicted octanol–water partition coefficient (Wildman–Crippen LogP) is -1.51. The molecular formula is C9H17N5O3S. The Hall–Kier alpha value is -1.61. The van der Waals surface area contributed by atoms with Crippen LogP contribution < -0.4 is 16.2 Å². The van der Waals surface area contributed by atoms with E-state index in [-0.39, 0.29) is 24.7 Å². The Morgan fingerprint density at radius 2 is 2.06 bits per heavy atom. The van der Waals surface area contributed by atoms with Gasteiger partial charge in [-0.2, -0.15) is 5.10 Å². The van der Waals surface area contributed by atoms with Crippen molar-refractivity contribution in [3.8, 4) is 0 Å². The van der Waals surface area contributed by atoms with E-state index in [0.717, 1.165) is 0 Å². The highest BCUT2D eigenvalue weighted by molar-refractivity contribution is 7.89. The summed E-state index contributed by atoms with van der Waals surface area (Å²) in [4.78, 5) is 11.5. The number of hydrogen-bond acceptors (Lipinski definition) is 5. The fourth-order valence-electron chi connectivity index (χ4n) is 1.39. The highest BCUT2D eigenvalue weighted by Gasteiger charge is 2.11. The second kappa shape index (κ2) is 5.36. The van der Waals surface area contributed by atoms with Gasteiger partial charge in [-0.25, -0.2) is 13.6 Å². The molecular weight excluding hydrogens is 258 g/mol. The van der Waals surface area contributed by atoms with Gasteiger partial charge in [-0.1, -0.05) is 0 Å². The van der Waals surface area contributed by atoms with Crippen LogP contribution in [-0.2, 0) is 21.4 Å². The number of amides is 1. The van der Waals surface area contributed by atoms with Crippen molar-refractivity contribution in [2.75, 3.05) is 18.0 Å². The SMILES string of the molecule is Cc1nn(CC(=O)NCCS(N)(=O)=O)c(C)c1N. The molecule has 0 radical (unpaired) electrons. The van der Waals surface area contributed by atoms with E-state index in [0.29, 0.717) is 17.1 Å². The van der Waals surface area contributed by atoms with Crippen molar-refractivity contribution in [2.24, 2.45) is 5.14 Å². The van der Waals surface area contributed by atoms with Crippen molar-refractivity contribution >= 4 is 21.6 Å². The molecule has 0 saturated heterocycles. The summed E-state index contributed by atoms with van der Waals surface area (Å²) in [5.41, 5.74) is 7.63. The first-order chi connectivity index (χ1) is 8.20. The molecule has 1 aromatic heterocycles. The number of anilines is 1. The lowest BCUT2D eigenvalue weighted by molar-refractivity contribution is -0.121. The first kappa shape index (κ1) is 14.5. The smallest absolute Gasteiger partial charge is 0.241 e. The molecule has 1 rings (SSSR count). The van der Waals surface area contributed by atoms with Gasteiger partial charge in [-0.15, -0.1) is 0 Å². The lowest BCUT2D eigenvalue weighted by Crippen LogP contribution is -2.34. The van der Waals surface area contributed by atoms with Crippen molar-refractivity contribution in [2.45, 2.75) is 20.4 Å². The number of nitrogen functional groups attached to an aromatic ring is 1. The molecule has 0 aromatic carbocycles. The topological polar surface area (TPSA) is 133 Å². The van der Waals surface area contributed by atoms with E-state index in [4.69, 9.17) is 10.9 Å². The Labute approximate surface area is 105 Å². The minimum Gasteiger partial charge on any atom is -0.396 e. The van der Waals surface area contributed by atoms with E-state index in [9.17, 15) is 13.2 Å². The van der Waals surface area contributed by atoms with E-state index in [1.165, 1.54) is 4.68 Å². The third kappa shape index (κ3) is 4.00. The van der Waals surface area contributed by atoms with Crippen LogP contribution in [0.1, 0.15) is 11.4 Å². The van der Waals surface area contributed by atoms with Gasteiger partial charge in [0, 0.05) is 6.54 Å². The number of nitrogens with zero attached hydrogens (tertiary/aromatic N) is 2. The summed E-state index contributed by atoms with van der Waals surface area (Å²) in [6, 6.07) is 0. The molecule has 0 aliphatic heterocycles. The van der Waals surface area contributed by atoms with Crippen LogP contribution in [0.4, 0.5) is 5.69 Å². The molecule has 0 atom stereocenters. The predicted molar refractivity (Wildman–Crippen MR) is 67.1 cm³/mol. The largest absolute Gasteiger partial charge is 0.396 e. The van der Waals surface area contributed by atoms with Gasteiger partial charge in [0.25, 0.3) is 0 Å². The van der Waals surface area contributed by atoms with Gasteiger partial charge in [-0.05, 0) is 13.8 Å². The molecule has 0 bridgehead atoms. The molecule has 0 spiro atoms. The van der Waals surface area contributed by atoms with Crippen LogP contribution in [0.15, 0.2) is 0 Å². The summed E-state index contributed by atoms with van der Waals surface area (Å²) in [5, 5.41) is 11.3. The van der Waals surface area contributed by atoms with Gasteiger partial charge >= 0.3 is 0 Å². The number of aryl methyl sites for hydroxylation is 1. The molecule has 0 fully saturated rings. The van der Waals surface area contributed by atoms with Crippen molar-refractivity contribution < 1.29 is 13.2 Å². The Balaban J connectivity index is 2.52. The lowest BCUT2D eigenvalue weighted by atomic mass is 10.3. The van der Waals surface area contributed by atoms with Crippen LogP contribution in [0.3, 0.4) is 0 Å². The number of aromatic nitrogens is 2. The Morgan fingerprint density at radius 3 is 2.50 bits per heavy atom. The summed E-state index contributed by atoms with van der Waals surface area (Å²) >= 11 is 0. The third-order valence-corrected chi connectivity index (χ3v) is 3.21. The van der Waals surface area contributed by atoms with Gasteiger partial charge < -0.3 is 11.1 Å². The number of carbonyl (C=O) groups is 1. The number of nitrogens with one attached hydrogen (secondary N) is 1. The van der Waals surface area contributed by atoms with Crippen molar-refractivity contribution in [1.82, 2.24) is 15.1 Å². The zero-order chi connectivity index (χ0) is 13.9. The summed E-state index contributed by atoms with van der Waals surface area (Å²) in [7, 11) is -3.56. The van der Waals surface area contributed by atoms with Crippen LogP contribution in [0.2, 0.25) is 0 Å². The van der Waals surface area contributed by atoms with Crippen molar-refractivity contribution in [3.05, 3.63) is 11.4 Å². The fourth-order valence-corrected chi connectivity index (χ4v) is 1.78. The molecule has 1 aromatic rings. The monoisotopic (exact) mass is 275 g/mol. The maximum Gasteiger partial charge on any atom is 0.241 e. The minimum absolute atomic E-state index is 0.00546. The van der Waals surface area contributed by atoms with Crippen LogP contribution in [0, 0.1) is 13.8 Å². The first-order valence-corrected chi connectivity index (χ1v) is 6.99. The summed E-state index contributed by atoms with van der Waals surface area (Å²) < 4.78 is 22.8. The van der Waals surface area contributed by atoms with E-state index >= 15 is 0 Å². The maximum atomic E-state index is 11.5. The minimum atomic E-state index is -3.56. The normalized spacial score (nSPS) is 11.5. The van der Waals surface area contributed by atoms with E-state index < -0.39 is 10.0 Å². The molecule has 0 saturated carbocycles. The van der Waals surface area contributed by atoms with E-state index in [1.807, 2.05) is 0 Å². The molecule has 0 unspecified atom stereocenters. The Morgan fingerprint density at radius 1 is 1.44 bits per heavy atom. The molecule has 8 nitrogen and oxygen atoms in total. The Kier molecular flexibility index (Phi) is 4.30. The van der Waals surface area contributed by atoms with Crippen LogP contribution >= 0.6 is 0 Å². The molecule has 1 amide bonds. The second-order valence-corrected chi connectivity index (χ2v) is 5.69. The standard InChI is InChI=1S/C9H17N5O3S/c1-6-9(10)7(2)14(13-6)5-8(15)12-3-4-18(11,16)17/h3-5,10H2,1-2H3,(H,12,15)(H2,11,16,17). The van der Waals surface area contributed by atoms with Crippen LogP contribution in [0.5, 0.6) is 0 Å². The van der Waals surface area contributed by atoms with E-state index in [2.05, 4.69) is 10.4 Å². The van der Waals surface area contributed by atoms with Gasteiger partial charge in [0.05, 0.1) is 22.8 Å². The summed E-state index contributed by atoms with van der Waals surface area (Å²) in [6.07, 6.45) is 0. The van der Waals surface area contributed by atoms with Gasteiger partial charge in [-0.3, -0.25) is 9.48 Å². The second-order valence-electron chi connectivity index (χ2n) is 3.96. The number of primary sulfonamides is 1. The lowest BCUT2D eigenvalue weighted by Gasteiger charge is -2.06. The van der Waals surface area contributed by atoms with Crippen molar-refractivity contribution in [1.29, 1.82) is 0 Å².